The van der Waals surface area contributed by atoms with Gasteiger partial charge in [0, 0.05) is 11.4 Å². The van der Waals surface area contributed by atoms with Gasteiger partial charge in [-0.3, -0.25) is 4.79 Å². The third-order valence-corrected chi connectivity index (χ3v) is 3.36. The summed E-state index contributed by atoms with van der Waals surface area (Å²) in [7, 11) is 1.32. The predicted octanol–water partition coefficient (Wildman–Crippen LogP) is 2.98. The zero-order chi connectivity index (χ0) is 15.6. The SMILES string of the molecule is COC(=O)c1c(C)[nH]c(C(=O)Nc2ccc(C)cc2)c1C. The van der Waals surface area contributed by atoms with Crippen LogP contribution in [-0.4, -0.2) is 24.0 Å². The van der Waals surface area contributed by atoms with Crippen LogP contribution in [0, 0.1) is 20.8 Å². The number of benzene rings is 1. The first kappa shape index (κ1) is 14.8. The molecule has 1 amide bonds. The van der Waals surface area contributed by atoms with Crippen LogP contribution < -0.4 is 5.32 Å². The predicted molar refractivity (Wildman–Crippen MR) is 80.7 cm³/mol. The molecule has 21 heavy (non-hydrogen) atoms. The minimum absolute atomic E-state index is 0.283. The Balaban J connectivity index is 2.28. The van der Waals surface area contributed by atoms with Gasteiger partial charge >= 0.3 is 5.97 Å². The number of H-pyrrole nitrogens is 1. The molecule has 0 radical (unpaired) electrons. The molecule has 0 aliphatic rings. The van der Waals surface area contributed by atoms with Crippen molar-refractivity contribution >= 4 is 17.6 Å². The number of hydrogen-bond donors (Lipinski definition) is 2. The quantitative estimate of drug-likeness (QED) is 0.852. The molecule has 0 saturated carbocycles. The van der Waals surface area contributed by atoms with Gasteiger partial charge in [-0.2, -0.15) is 0 Å². The summed E-state index contributed by atoms with van der Waals surface area (Å²) in [4.78, 5) is 27.0. The number of rotatable bonds is 3. The van der Waals surface area contributed by atoms with Gasteiger partial charge in [-0.25, -0.2) is 4.79 Å². The van der Waals surface area contributed by atoms with Gasteiger partial charge in [0.15, 0.2) is 0 Å². The van der Waals surface area contributed by atoms with Crippen molar-refractivity contribution in [3.8, 4) is 0 Å². The van der Waals surface area contributed by atoms with Crippen molar-refractivity contribution in [2.75, 3.05) is 12.4 Å². The maximum atomic E-state index is 12.3. The van der Waals surface area contributed by atoms with Gasteiger partial charge in [-0.05, 0) is 38.5 Å². The standard InChI is InChI=1S/C16H18N2O3/c1-9-5-7-12(8-6-9)18-15(19)14-10(2)13(11(3)17-14)16(20)21-4/h5-8,17H,1-4H3,(H,18,19). The van der Waals surface area contributed by atoms with Gasteiger partial charge in [-0.15, -0.1) is 0 Å². The van der Waals surface area contributed by atoms with Crippen LogP contribution >= 0.6 is 0 Å². The van der Waals surface area contributed by atoms with E-state index >= 15 is 0 Å². The van der Waals surface area contributed by atoms with E-state index in [4.69, 9.17) is 4.74 Å². The highest BCUT2D eigenvalue weighted by Gasteiger charge is 2.22. The summed E-state index contributed by atoms with van der Waals surface area (Å²) in [5.41, 5.74) is 3.81. The number of hydrogen-bond acceptors (Lipinski definition) is 3. The average molecular weight is 286 g/mol. The number of esters is 1. The van der Waals surface area contributed by atoms with E-state index in [9.17, 15) is 9.59 Å². The smallest absolute Gasteiger partial charge is 0.339 e. The molecule has 0 aliphatic heterocycles. The van der Waals surface area contributed by atoms with E-state index in [0.717, 1.165) is 5.56 Å². The minimum Gasteiger partial charge on any atom is -0.465 e. The van der Waals surface area contributed by atoms with E-state index in [-0.39, 0.29) is 5.91 Å². The molecule has 2 aromatic rings. The average Bonchev–Trinajstić information content (AvgIpc) is 2.76. The highest BCUT2D eigenvalue weighted by atomic mass is 16.5. The van der Waals surface area contributed by atoms with Crippen molar-refractivity contribution in [2.24, 2.45) is 0 Å². The molecular weight excluding hydrogens is 268 g/mol. The summed E-state index contributed by atoms with van der Waals surface area (Å²) in [6.45, 7) is 5.44. The number of carbonyl (C=O) groups excluding carboxylic acids is 2. The Morgan fingerprint density at radius 1 is 1.10 bits per heavy atom. The van der Waals surface area contributed by atoms with E-state index < -0.39 is 5.97 Å². The number of aryl methyl sites for hydroxylation is 2. The summed E-state index contributed by atoms with van der Waals surface area (Å²) in [6, 6.07) is 7.50. The zero-order valence-electron chi connectivity index (χ0n) is 12.5. The van der Waals surface area contributed by atoms with Gasteiger partial charge in [0.25, 0.3) is 5.91 Å². The fraction of sp³-hybridized carbons (Fsp3) is 0.250. The molecule has 2 N–H and O–H groups in total. The van der Waals surface area contributed by atoms with E-state index in [0.29, 0.717) is 28.2 Å². The third-order valence-electron chi connectivity index (χ3n) is 3.36. The third kappa shape index (κ3) is 2.97. The molecule has 5 heteroatoms. The molecule has 0 spiro atoms. The molecule has 5 nitrogen and oxygen atoms in total. The van der Waals surface area contributed by atoms with Gasteiger partial charge in [0.1, 0.15) is 5.69 Å². The van der Waals surface area contributed by atoms with Crippen LogP contribution in [0.2, 0.25) is 0 Å². The lowest BCUT2D eigenvalue weighted by Gasteiger charge is -2.05. The highest BCUT2D eigenvalue weighted by molar-refractivity contribution is 6.06. The molecule has 0 aliphatic carbocycles. The van der Waals surface area contributed by atoms with Crippen molar-refractivity contribution < 1.29 is 14.3 Å². The first-order valence-corrected chi connectivity index (χ1v) is 6.59. The maximum Gasteiger partial charge on any atom is 0.339 e. The fourth-order valence-electron chi connectivity index (χ4n) is 2.22. The van der Waals surface area contributed by atoms with E-state index in [1.54, 1.807) is 13.8 Å². The Labute approximate surface area is 123 Å². The Bertz CT molecular complexity index is 684. The lowest BCUT2D eigenvalue weighted by Crippen LogP contribution is -2.14. The number of methoxy groups -OCH3 is 1. The molecular formula is C16H18N2O3. The first-order valence-electron chi connectivity index (χ1n) is 6.59. The van der Waals surface area contributed by atoms with Crippen LogP contribution in [0.3, 0.4) is 0 Å². The lowest BCUT2D eigenvalue weighted by molar-refractivity contribution is 0.0599. The summed E-state index contributed by atoms with van der Waals surface area (Å²) in [5.74, 6) is -0.731. The van der Waals surface area contributed by atoms with Crippen molar-refractivity contribution in [3.63, 3.8) is 0 Å². The normalized spacial score (nSPS) is 10.3. The highest BCUT2D eigenvalue weighted by Crippen LogP contribution is 2.20. The molecule has 0 saturated heterocycles. The largest absolute Gasteiger partial charge is 0.465 e. The van der Waals surface area contributed by atoms with Gasteiger partial charge in [0.05, 0.1) is 12.7 Å². The topological polar surface area (TPSA) is 71.2 Å². The van der Waals surface area contributed by atoms with Crippen molar-refractivity contribution in [3.05, 3.63) is 52.3 Å². The molecule has 2 rings (SSSR count). The van der Waals surface area contributed by atoms with Crippen LogP contribution in [0.25, 0.3) is 0 Å². The van der Waals surface area contributed by atoms with Crippen molar-refractivity contribution in [2.45, 2.75) is 20.8 Å². The molecule has 1 aromatic heterocycles. The molecule has 0 atom stereocenters. The zero-order valence-corrected chi connectivity index (χ0v) is 12.5. The number of amides is 1. The van der Waals surface area contributed by atoms with Crippen LogP contribution in [0.1, 0.15) is 37.7 Å². The Hall–Kier alpha value is -2.56. The summed E-state index contributed by atoms with van der Waals surface area (Å²) < 4.78 is 4.73. The second kappa shape index (κ2) is 5.83. The van der Waals surface area contributed by atoms with E-state index in [1.807, 2.05) is 31.2 Å². The van der Waals surface area contributed by atoms with Crippen LogP contribution in [0.4, 0.5) is 5.69 Å². The monoisotopic (exact) mass is 286 g/mol. The minimum atomic E-state index is -0.448. The number of carbonyl (C=O) groups is 2. The number of ether oxygens (including phenoxy) is 1. The van der Waals surface area contributed by atoms with E-state index in [2.05, 4.69) is 10.3 Å². The fourth-order valence-corrected chi connectivity index (χ4v) is 2.22. The second-order valence-corrected chi connectivity index (χ2v) is 4.94. The molecule has 110 valence electrons. The second-order valence-electron chi connectivity index (χ2n) is 4.94. The summed E-state index contributed by atoms with van der Waals surface area (Å²) in [5, 5.41) is 2.80. The molecule has 0 bridgehead atoms. The first-order chi connectivity index (χ1) is 9.93. The molecule has 1 aromatic carbocycles. The Kier molecular flexibility index (Phi) is 4.12. The number of nitrogens with one attached hydrogen (secondary N) is 2. The summed E-state index contributed by atoms with van der Waals surface area (Å²) in [6.07, 6.45) is 0. The lowest BCUT2D eigenvalue weighted by atomic mass is 10.1. The van der Waals surface area contributed by atoms with Gasteiger partial charge < -0.3 is 15.0 Å². The van der Waals surface area contributed by atoms with Crippen LogP contribution in [0.5, 0.6) is 0 Å². The Morgan fingerprint density at radius 2 is 1.71 bits per heavy atom. The maximum absolute atomic E-state index is 12.3. The van der Waals surface area contributed by atoms with Gasteiger partial charge in [0.2, 0.25) is 0 Å². The number of aromatic amines is 1. The number of anilines is 1. The van der Waals surface area contributed by atoms with Crippen LogP contribution in [0.15, 0.2) is 24.3 Å². The number of aromatic nitrogens is 1. The van der Waals surface area contributed by atoms with Crippen molar-refractivity contribution in [1.29, 1.82) is 0 Å². The Morgan fingerprint density at radius 3 is 2.29 bits per heavy atom. The van der Waals surface area contributed by atoms with Gasteiger partial charge in [-0.1, -0.05) is 17.7 Å². The summed E-state index contributed by atoms with van der Waals surface area (Å²) >= 11 is 0. The van der Waals surface area contributed by atoms with Crippen molar-refractivity contribution in [1.82, 2.24) is 4.98 Å². The molecule has 1 heterocycles. The van der Waals surface area contributed by atoms with E-state index in [1.165, 1.54) is 7.11 Å². The molecule has 0 fully saturated rings. The van der Waals surface area contributed by atoms with Crippen LogP contribution in [-0.2, 0) is 4.74 Å². The molecule has 0 unspecified atom stereocenters.